The van der Waals surface area contributed by atoms with Crippen molar-refractivity contribution < 1.29 is 9.59 Å². The molecule has 1 saturated heterocycles. The predicted molar refractivity (Wildman–Crippen MR) is 102 cm³/mol. The highest BCUT2D eigenvalue weighted by atomic mass is 32.1. The molecule has 4 rings (SSSR count). The van der Waals surface area contributed by atoms with Crippen molar-refractivity contribution in [3.8, 4) is 0 Å². The van der Waals surface area contributed by atoms with Gasteiger partial charge in [-0.1, -0.05) is 6.07 Å². The highest BCUT2D eigenvalue weighted by Gasteiger charge is 2.37. The topological polar surface area (TPSA) is 79.3 Å². The Labute approximate surface area is 161 Å². The van der Waals surface area contributed by atoms with Gasteiger partial charge >= 0.3 is 0 Å². The zero-order chi connectivity index (χ0) is 18.8. The number of hydrogen-bond donors (Lipinski definition) is 0. The van der Waals surface area contributed by atoms with Crippen LogP contribution in [0.5, 0.6) is 0 Å². The van der Waals surface area contributed by atoms with E-state index in [9.17, 15) is 9.59 Å². The monoisotopic (exact) mass is 381 g/mol. The maximum Gasteiger partial charge on any atom is 0.253 e. The second-order valence-electron chi connectivity index (χ2n) is 6.71. The molecule has 1 aromatic carbocycles. The third-order valence-corrected chi connectivity index (χ3v) is 5.38. The van der Waals surface area contributed by atoms with E-state index in [1.54, 1.807) is 41.2 Å². The molecule has 27 heavy (non-hydrogen) atoms. The minimum absolute atomic E-state index is 0.0647. The van der Waals surface area contributed by atoms with Crippen molar-refractivity contribution in [2.45, 2.75) is 6.42 Å². The molecule has 138 valence electrons. The number of likely N-dealkylation sites (tertiary alicyclic amines) is 1. The Bertz CT molecular complexity index is 968. The fraction of sp³-hybridized carbons (Fsp3) is 0.316. The smallest absolute Gasteiger partial charge is 0.253 e. The third kappa shape index (κ3) is 3.66. The number of benzene rings is 1. The SMILES string of the molecule is CN(CCc1ccccn1)C(=O)C1CN(C(=O)c2ccc3nsnc3c2)C1. The minimum atomic E-state index is -0.132. The first-order chi connectivity index (χ1) is 13.1. The fourth-order valence-corrected chi connectivity index (χ4v) is 3.67. The summed E-state index contributed by atoms with van der Waals surface area (Å²) in [5.41, 5.74) is 3.08. The average Bonchev–Trinajstić information content (AvgIpc) is 3.13. The van der Waals surface area contributed by atoms with E-state index in [-0.39, 0.29) is 17.7 Å². The first-order valence-electron chi connectivity index (χ1n) is 8.78. The molecule has 1 fully saturated rings. The largest absolute Gasteiger partial charge is 0.345 e. The number of amides is 2. The fourth-order valence-electron chi connectivity index (χ4n) is 3.15. The standard InChI is InChI=1S/C19H19N5O2S/c1-23(9-7-15-4-2-3-8-20-15)18(25)14-11-24(12-14)19(26)13-5-6-16-17(10-13)22-27-21-16/h2-6,8,10,14H,7,9,11-12H2,1H3. The summed E-state index contributed by atoms with van der Waals surface area (Å²) >= 11 is 1.13. The van der Waals surface area contributed by atoms with Crippen LogP contribution in [0.15, 0.2) is 42.6 Å². The number of rotatable bonds is 5. The Morgan fingerprint density at radius 3 is 2.78 bits per heavy atom. The third-order valence-electron chi connectivity index (χ3n) is 4.82. The van der Waals surface area contributed by atoms with Gasteiger partial charge in [0.25, 0.3) is 5.91 Å². The second-order valence-corrected chi connectivity index (χ2v) is 7.23. The first-order valence-corrected chi connectivity index (χ1v) is 9.51. The second kappa shape index (κ2) is 7.40. The lowest BCUT2D eigenvalue weighted by molar-refractivity contribution is -0.138. The van der Waals surface area contributed by atoms with Gasteiger partial charge in [-0.2, -0.15) is 8.75 Å². The molecule has 0 aliphatic carbocycles. The van der Waals surface area contributed by atoms with E-state index in [0.717, 1.165) is 34.9 Å². The highest BCUT2D eigenvalue weighted by Crippen LogP contribution is 2.22. The minimum Gasteiger partial charge on any atom is -0.345 e. The van der Waals surface area contributed by atoms with Crippen molar-refractivity contribution in [3.63, 3.8) is 0 Å². The van der Waals surface area contributed by atoms with E-state index in [2.05, 4.69) is 13.7 Å². The Kier molecular flexibility index (Phi) is 4.81. The summed E-state index contributed by atoms with van der Waals surface area (Å²) in [6.45, 7) is 1.53. The van der Waals surface area contributed by atoms with Crippen LogP contribution in [0.25, 0.3) is 11.0 Å². The maximum absolute atomic E-state index is 12.6. The normalized spacial score (nSPS) is 14.2. The Morgan fingerprint density at radius 2 is 2.00 bits per heavy atom. The average molecular weight is 381 g/mol. The summed E-state index contributed by atoms with van der Waals surface area (Å²) in [7, 11) is 1.80. The van der Waals surface area contributed by atoms with E-state index in [1.165, 1.54) is 0 Å². The van der Waals surface area contributed by atoms with Gasteiger partial charge in [-0.25, -0.2) is 0 Å². The van der Waals surface area contributed by atoms with Gasteiger partial charge in [-0.05, 0) is 30.3 Å². The van der Waals surface area contributed by atoms with Crippen LogP contribution >= 0.6 is 11.7 Å². The molecule has 7 nitrogen and oxygen atoms in total. The zero-order valence-corrected chi connectivity index (χ0v) is 15.7. The van der Waals surface area contributed by atoms with Crippen molar-refractivity contribution >= 4 is 34.6 Å². The van der Waals surface area contributed by atoms with Crippen LogP contribution in [-0.2, 0) is 11.2 Å². The van der Waals surface area contributed by atoms with E-state index < -0.39 is 0 Å². The van der Waals surface area contributed by atoms with Gasteiger partial charge in [-0.3, -0.25) is 14.6 Å². The van der Waals surface area contributed by atoms with Crippen molar-refractivity contribution in [2.75, 3.05) is 26.7 Å². The van der Waals surface area contributed by atoms with Gasteiger partial charge in [0.05, 0.1) is 17.6 Å². The predicted octanol–water partition coefficient (Wildman–Crippen LogP) is 1.86. The number of nitrogens with zero attached hydrogens (tertiary/aromatic N) is 5. The number of carbonyl (C=O) groups is 2. The van der Waals surface area contributed by atoms with E-state index in [0.29, 0.717) is 25.2 Å². The Morgan fingerprint density at radius 1 is 1.19 bits per heavy atom. The molecule has 1 aliphatic heterocycles. The quantitative estimate of drug-likeness (QED) is 0.674. The first kappa shape index (κ1) is 17.5. The van der Waals surface area contributed by atoms with Crippen LogP contribution < -0.4 is 0 Å². The molecule has 0 bridgehead atoms. The molecule has 0 N–H and O–H groups in total. The molecule has 2 amide bonds. The van der Waals surface area contributed by atoms with Gasteiger partial charge < -0.3 is 9.80 Å². The molecule has 3 heterocycles. The summed E-state index contributed by atoms with van der Waals surface area (Å²) in [5, 5.41) is 0. The van der Waals surface area contributed by atoms with Crippen LogP contribution in [0.2, 0.25) is 0 Å². The molecule has 0 spiro atoms. The van der Waals surface area contributed by atoms with Gasteiger partial charge in [0.1, 0.15) is 11.0 Å². The van der Waals surface area contributed by atoms with Gasteiger partial charge in [0.15, 0.2) is 0 Å². The molecule has 0 atom stereocenters. The van der Waals surface area contributed by atoms with Crippen molar-refractivity contribution in [2.24, 2.45) is 5.92 Å². The van der Waals surface area contributed by atoms with Crippen LogP contribution in [0.1, 0.15) is 16.1 Å². The van der Waals surface area contributed by atoms with Crippen molar-refractivity contribution in [3.05, 3.63) is 53.9 Å². The lowest BCUT2D eigenvalue weighted by Gasteiger charge is -2.40. The molecule has 3 aromatic rings. The van der Waals surface area contributed by atoms with E-state index in [4.69, 9.17) is 0 Å². The Balaban J connectivity index is 1.30. The number of fused-ring (bicyclic) bond motifs is 1. The molecule has 0 unspecified atom stereocenters. The molecule has 0 radical (unpaired) electrons. The highest BCUT2D eigenvalue weighted by molar-refractivity contribution is 7.00. The van der Waals surface area contributed by atoms with Crippen LogP contribution in [0.3, 0.4) is 0 Å². The molecule has 2 aromatic heterocycles. The maximum atomic E-state index is 12.6. The van der Waals surface area contributed by atoms with E-state index in [1.807, 2.05) is 18.2 Å². The lowest BCUT2D eigenvalue weighted by atomic mass is 9.97. The van der Waals surface area contributed by atoms with Crippen LogP contribution in [0.4, 0.5) is 0 Å². The molecule has 8 heteroatoms. The number of carbonyl (C=O) groups excluding carboxylic acids is 2. The van der Waals surface area contributed by atoms with Crippen LogP contribution in [-0.4, -0.2) is 62.0 Å². The summed E-state index contributed by atoms with van der Waals surface area (Å²) in [5.74, 6) is -0.119. The number of likely N-dealkylation sites (N-methyl/N-ethyl adjacent to an activating group) is 1. The van der Waals surface area contributed by atoms with E-state index >= 15 is 0 Å². The number of aromatic nitrogens is 3. The van der Waals surface area contributed by atoms with Gasteiger partial charge in [0.2, 0.25) is 5.91 Å². The number of hydrogen-bond acceptors (Lipinski definition) is 6. The molecule has 0 saturated carbocycles. The molecular formula is C19H19N5O2S. The summed E-state index contributed by atoms with van der Waals surface area (Å²) in [6, 6.07) is 11.1. The summed E-state index contributed by atoms with van der Waals surface area (Å²) < 4.78 is 8.31. The van der Waals surface area contributed by atoms with Crippen LogP contribution in [0, 0.1) is 5.92 Å². The molecule has 1 aliphatic rings. The Hall–Kier alpha value is -2.87. The lowest BCUT2D eigenvalue weighted by Crippen LogP contribution is -2.56. The molecular weight excluding hydrogens is 362 g/mol. The van der Waals surface area contributed by atoms with Gasteiger partial charge in [-0.15, -0.1) is 0 Å². The zero-order valence-electron chi connectivity index (χ0n) is 14.9. The summed E-state index contributed by atoms with van der Waals surface area (Å²) in [4.78, 5) is 32.8. The van der Waals surface area contributed by atoms with Crippen molar-refractivity contribution in [1.82, 2.24) is 23.5 Å². The van der Waals surface area contributed by atoms with Crippen molar-refractivity contribution in [1.29, 1.82) is 0 Å². The summed E-state index contributed by atoms with van der Waals surface area (Å²) in [6.07, 6.45) is 2.48. The van der Waals surface area contributed by atoms with Gasteiger partial charge in [0, 0.05) is 50.6 Å². The number of pyridine rings is 1.